The molecule has 0 aromatic carbocycles. The second kappa shape index (κ2) is 6.80. The molecule has 4 heteroatoms. The van der Waals surface area contributed by atoms with E-state index in [9.17, 15) is 9.90 Å². The number of hydrogen-bond donors (Lipinski definition) is 2. The van der Waals surface area contributed by atoms with Gasteiger partial charge in [-0.05, 0) is 39.3 Å². The third-order valence-electron chi connectivity index (χ3n) is 2.98. The van der Waals surface area contributed by atoms with Crippen molar-refractivity contribution in [3.05, 3.63) is 0 Å². The standard InChI is InChI=1S/C11H22N2O2/c1-12-7-4-6-11(15)13-8-3-2-5-10(13)9-14/h10,12,14H,2-9H2,1H3. The Morgan fingerprint density at radius 2 is 2.33 bits per heavy atom. The van der Waals surface area contributed by atoms with Crippen molar-refractivity contribution in [2.24, 2.45) is 0 Å². The van der Waals surface area contributed by atoms with Crippen LogP contribution in [0.25, 0.3) is 0 Å². The van der Waals surface area contributed by atoms with E-state index in [-0.39, 0.29) is 18.6 Å². The van der Waals surface area contributed by atoms with Gasteiger partial charge in [-0.25, -0.2) is 0 Å². The van der Waals surface area contributed by atoms with Crippen LogP contribution in [0.4, 0.5) is 0 Å². The van der Waals surface area contributed by atoms with Gasteiger partial charge < -0.3 is 15.3 Å². The maximum Gasteiger partial charge on any atom is 0.222 e. The van der Waals surface area contributed by atoms with Crippen LogP contribution in [-0.4, -0.2) is 48.7 Å². The first-order chi connectivity index (χ1) is 7.29. The van der Waals surface area contributed by atoms with Crippen LogP contribution in [0.3, 0.4) is 0 Å². The molecule has 1 unspecified atom stereocenters. The van der Waals surface area contributed by atoms with E-state index in [2.05, 4.69) is 5.32 Å². The summed E-state index contributed by atoms with van der Waals surface area (Å²) in [5.41, 5.74) is 0. The molecule has 0 saturated carbocycles. The lowest BCUT2D eigenvalue weighted by Gasteiger charge is -2.34. The summed E-state index contributed by atoms with van der Waals surface area (Å²) in [6.45, 7) is 1.81. The first kappa shape index (κ1) is 12.5. The van der Waals surface area contributed by atoms with Gasteiger partial charge in [0.25, 0.3) is 0 Å². The zero-order chi connectivity index (χ0) is 11.1. The monoisotopic (exact) mass is 214 g/mol. The van der Waals surface area contributed by atoms with Crippen LogP contribution in [0.5, 0.6) is 0 Å². The molecule has 15 heavy (non-hydrogen) atoms. The molecule has 1 aliphatic rings. The molecule has 1 aliphatic heterocycles. The van der Waals surface area contributed by atoms with Crippen molar-refractivity contribution in [2.45, 2.75) is 38.1 Å². The van der Waals surface area contributed by atoms with Crippen LogP contribution in [0, 0.1) is 0 Å². The van der Waals surface area contributed by atoms with Crippen molar-refractivity contribution >= 4 is 5.91 Å². The highest BCUT2D eigenvalue weighted by Gasteiger charge is 2.25. The zero-order valence-electron chi connectivity index (χ0n) is 9.54. The van der Waals surface area contributed by atoms with Crippen molar-refractivity contribution in [1.29, 1.82) is 0 Å². The van der Waals surface area contributed by atoms with Gasteiger partial charge in [-0.2, -0.15) is 0 Å². The number of rotatable bonds is 5. The van der Waals surface area contributed by atoms with Gasteiger partial charge in [0.1, 0.15) is 0 Å². The fourth-order valence-corrected chi connectivity index (χ4v) is 2.08. The largest absolute Gasteiger partial charge is 0.394 e. The Hall–Kier alpha value is -0.610. The molecule has 0 radical (unpaired) electrons. The van der Waals surface area contributed by atoms with Gasteiger partial charge >= 0.3 is 0 Å². The molecule has 0 aromatic rings. The van der Waals surface area contributed by atoms with E-state index in [1.54, 1.807) is 0 Å². The number of likely N-dealkylation sites (tertiary alicyclic amines) is 1. The SMILES string of the molecule is CNCCCC(=O)N1CCCCC1CO. The Morgan fingerprint density at radius 3 is 3.00 bits per heavy atom. The number of aliphatic hydroxyl groups excluding tert-OH is 1. The molecule has 0 aliphatic carbocycles. The summed E-state index contributed by atoms with van der Waals surface area (Å²) in [6, 6.07) is 0.0702. The molecule has 0 bridgehead atoms. The molecule has 1 heterocycles. The lowest BCUT2D eigenvalue weighted by Crippen LogP contribution is -2.45. The Bertz CT molecular complexity index is 197. The summed E-state index contributed by atoms with van der Waals surface area (Å²) in [7, 11) is 1.89. The molecule has 0 aromatic heterocycles. The van der Waals surface area contributed by atoms with E-state index in [1.165, 1.54) is 0 Å². The number of aliphatic hydroxyl groups is 1. The van der Waals surface area contributed by atoms with E-state index >= 15 is 0 Å². The summed E-state index contributed by atoms with van der Waals surface area (Å²) in [5, 5.41) is 12.2. The van der Waals surface area contributed by atoms with Crippen LogP contribution >= 0.6 is 0 Å². The molecule has 4 nitrogen and oxygen atoms in total. The summed E-state index contributed by atoms with van der Waals surface area (Å²) in [5.74, 6) is 0.198. The van der Waals surface area contributed by atoms with Gasteiger partial charge in [0, 0.05) is 13.0 Å². The third-order valence-corrected chi connectivity index (χ3v) is 2.98. The molecular formula is C11H22N2O2. The topological polar surface area (TPSA) is 52.6 Å². The highest BCUT2D eigenvalue weighted by molar-refractivity contribution is 5.76. The Morgan fingerprint density at radius 1 is 1.53 bits per heavy atom. The smallest absolute Gasteiger partial charge is 0.222 e. The number of amides is 1. The lowest BCUT2D eigenvalue weighted by atomic mass is 10.0. The highest BCUT2D eigenvalue weighted by Crippen LogP contribution is 2.17. The normalized spacial score (nSPS) is 21.7. The maximum atomic E-state index is 11.8. The predicted octanol–water partition coefficient (Wildman–Crippen LogP) is 0.359. The summed E-state index contributed by atoms with van der Waals surface area (Å²) in [6.07, 6.45) is 4.63. The average molecular weight is 214 g/mol. The fourth-order valence-electron chi connectivity index (χ4n) is 2.08. The number of carbonyl (C=O) groups is 1. The summed E-state index contributed by atoms with van der Waals surface area (Å²) >= 11 is 0. The number of piperidine rings is 1. The van der Waals surface area contributed by atoms with Crippen LogP contribution in [-0.2, 0) is 4.79 Å². The third kappa shape index (κ3) is 3.80. The minimum atomic E-state index is 0.0702. The van der Waals surface area contributed by atoms with Gasteiger partial charge in [-0.3, -0.25) is 4.79 Å². The molecule has 1 atom stereocenters. The van der Waals surface area contributed by atoms with E-state index in [0.29, 0.717) is 6.42 Å². The van der Waals surface area contributed by atoms with Crippen molar-refractivity contribution in [1.82, 2.24) is 10.2 Å². The Kier molecular flexibility index (Phi) is 5.65. The molecule has 0 spiro atoms. The zero-order valence-corrected chi connectivity index (χ0v) is 9.54. The molecule has 88 valence electrons. The Balaban J connectivity index is 2.34. The average Bonchev–Trinajstić information content (AvgIpc) is 2.29. The van der Waals surface area contributed by atoms with Crippen molar-refractivity contribution in [3.8, 4) is 0 Å². The van der Waals surface area contributed by atoms with Gasteiger partial charge in [-0.15, -0.1) is 0 Å². The minimum absolute atomic E-state index is 0.0702. The van der Waals surface area contributed by atoms with E-state index < -0.39 is 0 Å². The molecule has 2 N–H and O–H groups in total. The van der Waals surface area contributed by atoms with E-state index in [1.807, 2.05) is 11.9 Å². The van der Waals surface area contributed by atoms with Gasteiger partial charge in [0.2, 0.25) is 5.91 Å². The van der Waals surface area contributed by atoms with Gasteiger partial charge in [0.05, 0.1) is 12.6 Å². The predicted molar refractivity (Wildman–Crippen MR) is 59.6 cm³/mol. The number of nitrogens with zero attached hydrogens (tertiary/aromatic N) is 1. The first-order valence-electron chi connectivity index (χ1n) is 5.84. The lowest BCUT2D eigenvalue weighted by molar-refractivity contribution is -0.136. The van der Waals surface area contributed by atoms with Crippen LogP contribution in [0.15, 0.2) is 0 Å². The summed E-state index contributed by atoms with van der Waals surface area (Å²) < 4.78 is 0. The molecule has 1 fully saturated rings. The minimum Gasteiger partial charge on any atom is -0.394 e. The number of carbonyl (C=O) groups excluding carboxylic acids is 1. The van der Waals surface area contributed by atoms with Crippen LogP contribution < -0.4 is 5.32 Å². The second-order valence-corrected chi connectivity index (χ2v) is 4.13. The quantitative estimate of drug-likeness (QED) is 0.650. The van der Waals surface area contributed by atoms with E-state index in [4.69, 9.17) is 0 Å². The highest BCUT2D eigenvalue weighted by atomic mass is 16.3. The van der Waals surface area contributed by atoms with E-state index in [0.717, 1.165) is 38.8 Å². The van der Waals surface area contributed by atoms with Crippen molar-refractivity contribution < 1.29 is 9.90 Å². The van der Waals surface area contributed by atoms with Crippen molar-refractivity contribution in [2.75, 3.05) is 26.7 Å². The number of nitrogens with one attached hydrogen (secondary N) is 1. The van der Waals surface area contributed by atoms with Crippen LogP contribution in [0.1, 0.15) is 32.1 Å². The molecule has 1 rings (SSSR count). The van der Waals surface area contributed by atoms with Crippen molar-refractivity contribution in [3.63, 3.8) is 0 Å². The Labute approximate surface area is 91.6 Å². The number of hydrogen-bond acceptors (Lipinski definition) is 3. The van der Waals surface area contributed by atoms with Gasteiger partial charge in [-0.1, -0.05) is 0 Å². The molecular weight excluding hydrogens is 192 g/mol. The second-order valence-electron chi connectivity index (χ2n) is 4.13. The molecule has 1 amide bonds. The first-order valence-corrected chi connectivity index (χ1v) is 5.84. The summed E-state index contributed by atoms with van der Waals surface area (Å²) in [4.78, 5) is 13.7. The van der Waals surface area contributed by atoms with Crippen LogP contribution in [0.2, 0.25) is 0 Å². The maximum absolute atomic E-state index is 11.8. The van der Waals surface area contributed by atoms with Gasteiger partial charge in [0.15, 0.2) is 0 Å². The fraction of sp³-hybridized carbons (Fsp3) is 0.909. The molecule has 1 saturated heterocycles.